The highest BCUT2D eigenvalue weighted by Crippen LogP contribution is 2.51. The van der Waals surface area contributed by atoms with Gasteiger partial charge in [0.25, 0.3) is 0 Å². The highest BCUT2D eigenvalue weighted by molar-refractivity contribution is 5.98. The normalized spacial score (nSPS) is 11.4. The molecule has 1 heterocycles. The molecule has 8 aromatic rings. The second-order valence-electron chi connectivity index (χ2n) is 12.5. The van der Waals surface area contributed by atoms with Gasteiger partial charge >= 0.3 is 0 Å². The van der Waals surface area contributed by atoms with Crippen molar-refractivity contribution in [2.45, 2.75) is 0 Å². The maximum Gasteiger partial charge on any atom is 0.135 e. The first-order valence-corrected chi connectivity index (χ1v) is 17.0. The van der Waals surface area contributed by atoms with Gasteiger partial charge in [0.2, 0.25) is 0 Å². The Labute approximate surface area is 293 Å². The third-order valence-corrected chi connectivity index (χ3v) is 9.50. The van der Waals surface area contributed by atoms with E-state index in [9.17, 15) is 0 Å². The largest absolute Gasteiger partial charge is 0.456 e. The van der Waals surface area contributed by atoms with Gasteiger partial charge in [0.1, 0.15) is 11.5 Å². The van der Waals surface area contributed by atoms with Crippen LogP contribution in [0.5, 0.6) is 11.5 Å². The summed E-state index contributed by atoms with van der Waals surface area (Å²) in [6.45, 7) is 0. The predicted molar refractivity (Wildman–Crippen MR) is 208 cm³/mol. The SMILES string of the molecule is c1ccc(-c2ccc(N(c3ccc(-c4ccccc4)cc3)c3ccc4c(c3)-c3ccccc3-c3c(cccc3-c3ccccc3)O4)cc2)cc1. The molecular formula is C48H33NO. The Morgan fingerprint density at radius 3 is 1.32 bits per heavy atom. The van der Waals surface area contributed by atoms with E-state index in [1.54, 1.807) is 0 Å². The van der Waals surface area contributed by atoms with Crippen LogP contribution in [0.3, 0.4) is 0 Å². The summed E-state index contributed by atoms with van der Waals surface area (Å²) in [7, 11) is 0. The molecule has 1 aliphatic heterocycles. The van der Waals surface area contributed by atoms with E-state index >= 15 is 0 Å². The van der Waals surface area contributed by atoms with Gasteiger partial charge in [0.05, 0.1) is 0 Å². The van der Waals surface area contributed by atoms with E-state index in [1.165, 1.54) is 27.8 Å². The fraction of sp³-hybridized carbons (Fsp3) is 0. The Kier molecular flexibility index (Phi) is 7.53. The fourth-order valence-electron chi connectivity index (χ4n) is 7.08. The van der Waals surface area contributed by atoms with Crippen LogP contribution in [-0.4, -0.2) is 0 Å². The number of nitrogens with zero attached hydrogens (tertiary/aromatic N) is 1. The van der Waals surface area contributed by atoms with E-state index < -0.39 is 0 Å². The Balaban J connectivity index is 1.19. The molecule has 0 spiro atoms. The second kappa shape index (κ2) is 12.8. The van der Waals surface area contributed by atoms with E-state index in [4.69, 9.17) is 4.74 Å². The minimum Gasteiger partial charge on any atom is -0.456 e. The lowest BCUT2D eigenvalue weighted by molar-refractivity contribution is 0.488. The Morgan fingerprint density at radius 1 is 0.280 bits per heavy atom. The molecular weight excluding hydrogens is 607 g/mol. The zero-order valence-corrected chi connectivity index (χ0v) is 27.4. The van der Waals surface area contributed by atoms with Crippen molar-refractivity contribution in [1.29, 1.82) is 0 Å². The van der Waals surface area contributed by atoms with Gasteiger partial charge in [0, 0.05) is 28.2 Å². The average molecular weight is 640 g/mol. The summed E-state index contributed by atoms with van der Waals surface area (Å²) in [5, 5.41) is 0. The monoisotopic (exact) mass is 639 g/mol. The minimum absolute atomic E-state index is 0.837. The number of benzene rings is 8. The van der Waals surface area contributed by atoms with Crippen LogP contribution in [0.25, 0.3) is 55.6 Å². The third kappa shape index (κ3) is 5.43. The summed E-state index contributed by atoms with van der Waals surface area (Å²) >= 11 is 0. The maximum absolute atomic E-state index is 6.80. The topological polar surface area (TPSA) is 12.5 Å². The Morgan fingerprint density at radius 2 is 0.740 bits per heavy atom. The summed E-state index contributed by atoms with van der Waals surface area (Å²) in [6.07, 6.45) is 0. The molecule has 0 atom stereocenters. The van der Waals surface area contributed by atoms with E-state index in [0.717, 1.165) is 56.4 Å². The lowest BCUT2D eigenvalue weighted by Gasteiger charge is -2.27. The zero-order valence-electron chi connectivity index (χ0n) is 27.4. The highest BCUT2D eigenvalue weighted by Gasteiger charge is 2.25. The van der Waals surface area contributed by atoms with Crippen LogP contribution < -0.4 is 9.64 Å². The van der Waals surface area contributed by atoms with Crippen molar-refractivity contribution in [3.63, 3.8) is 0 Å². The van der Waals surface area contributed by atoms with Crippen molar-refractivity contribution >= 4 is 17.1 Å². The third-order valence-electron chi connectivity index (χ3n) is 9.50. The van der Waals surface area contributed by atoms with E-state index in [0.29, 0.717) is 0 Å². The molecule has 0 unspecified atom stereocenters. The molecule has 0 saturated carbocycles. The summed E-state index contributed by atoms with van der Waals surface area (Å²) < 4.78 is 6.80. The Hall–Kier alpha value is -6.64. The van der Waals surface area contributed by atoms with Crippen LogP contribution in [0.2, 0.25) is 0 Å². The molecule has 2 heteroatoms. The van der Waals surface area contributed by atoms with Gasteiger partial charge in [0.15, 0.2) is 0 Å². The molecule has 0 N–H and O–H groups in total. The lowest BCUT2D eigenvalue weighted by atomic mass is 9.89. The van der Waals surface area contributed by atoms with Crippen LogP contribution in [0, 0.1) is 0 Å². The van der Waals surface area contributed by atoms with Crippen molar-refractivity contribution in [2.75, 3.05) is 4.90 Å². The molecule has 0 aliphatic carbocycles. The van der Waals surface area contributed by atoms with Crippen LogP contribution in [0.4, 0.5) is 17.1 Å². The van der Waals surface area contributed by atoms with Crippen molar-refractivity contribution in [3.8, 4) is 67.1 Å². The second-order valence-corrected chi connectivity index (χ2v) is 12.5. The standard InChI is InChI=1S/C48H33NO/c1-4-13-34(14-5-1)36-23-27-39(28-24-36)49(40-29-25-37(26-30-40)35-15-6-2-7-16-35)41-31-32-46-45(33-41)43-19-10-11-20-44(43)48-42(21-12-22-47(48)50-46)38-17-8-3-9-18-38/h1-33H. The summed E-state index contributed by atoms with van der Waals surface area (Å²) in [5.74, 6) is 1.69. The molecule has 1 aliphatic rings. The molecule has 236 valence electrons. The first kappa shape index (κ1) is 29.5. The quantitative estimate of drug-likeness (QED) is 0.179. The molecule has 8 aromatic carbocycles. The molecule has 0 amide bonds. The molecule has 0 radical (unpaired) electrons. The summed E-state index contributed by atoms with van der Waals surface area (Å²) in [5.41, 5.74) is 14.8. The van der Waals surface area contributed by atoms with Crippen LogP contribution in [-0.2, 0) is 0 Å². The van der Waals surface area contributed by atoms with Gasteiger partial charge in [-0.25, -0.2) is 0 Å². The zero-order chi connectivity index (χ0) is 33.3. The van der Waals surface area contributed by atoms with Gasteiger partial charge in [-0.15, -0.1) is 0 Å². The van der Waals surface area contributed by atoms with Crippen LogP contribution >= 0.6 is 0 Å². The number of hydrogen-bond acceptors (Lipinski definition) is 2. The first-order chi connectivity index (χ1) is 24.8. The van der Waals surface area contributed by atoms with Crippen LogP contribution in [0.1, 0.15) is 0 Å². The van der Waals surface area contributed by atoms with Gasteiger partial charge in [-0.3, -0.25) is 0 Å². The highest BCUT2D eigenvalue weighted by atomic mass is 16.5. The van der Waals surface area contributed by atoms with E-state index in [1.807, 2.05) is 0 Å². The Bertz CT molecular complexity index is 2330. The van der Waals surface area contributed by atoms with Crippen LogP contribution in [0.15, 0.2) is 200 Å². The fourth-order valence-corrected chi connectivity index (χ4v) is 7.08. The lowest BCUT2D eigenvalue weighted by Crippen LogP contribution is -2.10. The molecule has 0 fully saturated rings. The van der Waals surface area contributed by atoms with Gasteiger partial charge < -0.3 is 9.64 Å². The van der Waals surface area contributed by atoms with Crippen molar-refractivity contribution in [2.24, 2.45) is 0 Å². The maximum atomic E-state index is 6.80. The smallest absolute Gasteiger partial charge is 0.135 e. The van der Waals surface area contributed by atoms with Gasteiger partial charge in [-0.05, 0) is 93.0 Å². The molecule has 0 bridgehead atoms. The molecule has 50 heavy (non-hydrogen) atoms. The summed E-state index contributed by atoms with van der Waals surface area (Å²) in [6, 6.07) is 70.9. The average Bonchev–Trinajstić information content (AvgIpc) is 3.34. The van der Waals surface area contributed by atoms with Crippen molar-refractivity contribution < 1.29 is 4.74 Å². The van der Waals surface area contributed by atoms with Gasteiger partial charge in [-0.1, -0.05) is 152 Å². The van der Waals surface area contributed by atoms with Crippen molar-refractivity contribution in [3.05, 3.63) is 200 Å². The number of ether oxygens (including phenoxy) is 1. The number of hydrogen-bond donors (Lipinski definition) is 0. The van der Waals surface area contributed by atoms with Crippen molar-refractivity contribution in [1.82, 2.24) is 0 Å². The number of rotatable bonds is 6. The molecule has 0 saturated heterocycles. The van der Waals surface area contributed by atoms with E-state index in [2.05, 4.69) is 205 Å². The number of fused-ring (bicyclic) bond motifs is 5. The number of anilines is 3. The minimum atomic E-state index is 0.837. The van der Waals surface area contributed by atoms with Gasteiger partial charge in [-0.2, -0.15) is 0 Å². The van der Waals surface area contributed by atoms with E-state index in [-0.39, 0.29) is 0 Å². The summed E-state index contributed by atoms with van der Waals surface area (Å²) in [4.78, 5) is 2.33. The molecule has 2 nitrogen and oxygen atoms in total. The predicted octanol–water partition coefficient (Wildman–Crippen LogP) is 13.6. The molecule has 9 rings (SSSR count). The first-order valence-electron chi connectivity index (χ1n) is 17.0. The molecule has 0 aromatic heterocycles.